The fraction of sp³-hybridized carbons (Fsp3) is 0.406. The number of fused-ring (bicyclic) bond motifs is 1. The topological polar surface area (TPSA) is 104 Å². The Kier molecular flexibility index (Phi) is 11.5. The van der Waals surface area contributed by atoms with Crippen molar-refractivity contribution in [2.75, 3.05) is 38.1 Å². The van der Waals surface area contributed by atoms with Gasteiger partial charge >= 0.3 is 5.97 Å². The fourth-order valence-corrected chi connectivity index (χ4v) is 4.90. The molecule has 218 valence electrons. The maximum atomic E-state index is 13.2. The Morgan fingerprint density at radius 1 is 1.02 bits per heavy atom. The van der Waals surface area contributed by atoms with Crippen LogP contribution in [0.1, 0.15) is 42.5 Å². The van der Waals surface area contributed by atoms with E-state index in [9.17, 15) is 19.1 Å². The van der Waals surface area contributed by atoms with Crippen molar-refractivity contribution in [3.8, 4) is 5.75 Å². The molecule has 1 atom stereocenters. The van der Waals surface area contributed by atoms with Crippen molar-refractivity contribution in [2.45, 2.75) is 51.0 Å². The summed E-state index contributed by atoms with van der Waals surface area (Å²) in [6.45, 7) is 3.33. The van der Waals surface area contributed by atoms with E-state index in [0.717, 1.165) is 62.5 Å². The van der Waals surface area contributed by atoms with Crippen LogP contribution in [0.3, 0.4) is 0 Å². The summed E-state index contributed by atoms with van der Waals surface area (Å²) < 4.78 is 19.0. The Hall–Kier alpha value is -3.98. The van der Waals surface area contributed by atoms with E-state index in [-0.39, 0.29) is 18.7 Å². The Balaban J connectivity index is 1.28. The number of aryl methyl sites for hydroxylation is 2. The van der Waals surface area contributed by atoms with Gasteiger partial charge in [-0.15, -0.1) is 0 Å². The molecule has 41 heavy (non-hydrogen) atoms. The largest absolute Gasteiger partial charge is 0.492 e. The van der Waals surface area contributed by atoms with Crippen molar-refractivity contribution in [1.29, 1.82) is 0 Å². The number of carbonyl (C=O) groups excluding carboxylic acids is 1. The summed E-state index contributed by atoms with van der Waals surface area (Å²) in [6.07, 6.45) is 5.21. The molecule has 0 saturated carbocycles. The highest BCUT2D eigenvalue weighted by molar-refractivity contribution is 5.84. The number of hydrogen-bond donors (Lipinski definition) is 3. The summed E-state index contributed by atoms with van der Waals surface area (Å²) in [5.74, 6) is -0.0736. The molecule has 0 fully saturated rings. The summed E-state index contributed by atoms with van der Waals surface area (Å²) in [4.78, 5) is 31.4. The summed E-state index contributed by atoms with van der Waals surface area (Å²) in [5, 5.41) is 15.8. The van der Waals surface area contributed by atoms with Gasteiger partial charge in [0.25, 0.3) is 0 Å². The molecule has 0 bridgehead atoms. The zero-order chi connectivity index (χ0) is 28.9. The van der Waals surface area contributed by atoms with Gasteiger partial charge in [0.05, 0.1) is 6.42 Å². The average Bonchev–Trinajstić information content (AvgIpc) is 2.98. The molecule has 0 unspecified atom stereocenters. The summed E-state index contributed by atoms with van der Waals surface area (Å²) in [6, 6.07) is 18.5. The molecule has 2 aromatic carbocycles. The van der Waals surface area contributed by atoms with Gasteiger partial charge in [-0.05, 0) is 86.5 Å². The zero-order valence-corrected chi connectivity index (χ0v) is 23.4. The molecule has 8 nitrogen and oxygen atoms in total. The fourth-order valence-electron chi connectivity index (χ4n) is 4.90. The van der Waals surface area contributed by atoms with E-state index in [1.54, 1.807) is 0 Å². The molecular weight excluding hydrogens is 523 g/mol. The average molecular weight is 563 g/mol. The number of para-hydroxylation sites is 1. The first kappa shape index (κ1) is 30.0. The van der Waals surface area contributed by atoms with Crippen molar-refractivity contribution in [3.05, 3.63) is 89.4 Å². The Bertz CT molecular complexity index is 1260. The Morgan fingerprint density at radius 3 is 2.61 bits per heavy atom. The van der Waals surface area contributed by atoms with E-state index in [4.69, 9.17) is 9.72 Å². The quantitative estimate of drug-likeness (QED) is 0.221. The summed E-state index contributed by atoms with van der Waals surface area (Å²) in [5.41, 5.74) is 2.98. The van der Waals surface area contributed by atoms with Crippen LogP contribution >= 0.6 is 0 Å². The first-order valence-electron chi connectivity index (χ1n) is 14.4. The van der Waals surface area contributed by atoms with Gasteiger partial charge in [0.2, 0.25) is 5.91 Å². The van der Waals surface area contributed by atoms with Crippen LogP contribution in [0.2, 0.25) is 0 Å². The number of rotatable bonds is 16. The number of anilines is 1. The van der Waals surface area contributed by atoms with Crippen molar-refractivity contribution >= 4 is 17.7 Å². The number of unbranched alkanes of at least 4 members (excludes halogenated alkanes) is 1. The lowest BCUT2D eigenvalue weighted by Crippen LogP contribution is -2.44. The maximum Gasteiger partial charge on any atom is 0.326 e. The second-order valence-electron chi connectivity index (χ2n) is 10.4. The Morgan fingerprint density at radius 2 is 1.83 bits per heavy atom. The van der Waals surface area contributed by atoms with Crippen LogP contribution in [0.5, 0.6) is 5.75 Å². The lowest BCUT2D eigenvalue weighted by atomic mass is 10.1. The van der Waals surface area contributed by atoms with Crippen LogP contribution in [0, 0.1) is 5.82 Å². The van der Waals surface area contributed by atoms with Crippen LogP contribution in [-0.4, -0.2) is 65.7 Å². The van der Waals surface area contributed by atoms with Gasteiger partial charge in [-0.3, -0.25) is 9.69 Å². The molecule has 3 N–H and O–H groups in total. The molecule has 4 rings (SSSR count). The number of ether oxygens (including phenoxy) is 1. The number of benzene rings is 2. The normalized spacial score (nSPS) is 13.2. The second-order valence-corrected chi connectivity index (χ2v) is 10.4. The maximum absolute atomic E-state index is 13.2. The van der Waals surface area contributed by atoms with Gasteiger partial charge in [0.15, 0.2) is 0 Å². The molecule has 2 heterocycles. The van der Waals surface area contributed by atoms with Gasteiger partial charge in [-0.2, -0.15) is 0 Å². The molecule has 1 aromatic heterocycles. The van der Waals surface area contributed by atoms with Gasteiger partial charge < -0.3 is 20.5 Å². The van der Waals surface area contributed by atoms with Crippen LogP contribution in [-0.2, 0) is 28.9 Å². The SMILES string of the molecule is O=C(Cc1ccc(F)cc1)N[C@@H](CCN(CCCCc1ccc2c(n1)NCCC2)CCOc1ccccc1)C(=O)O. The van der Waals surface area contributed by atoms with E-state index in [1.165, 1.54) is 29.8 Å². The number of halogens is 1. The third-order valence-electron chi connectivity index (χ3n) is 7.17. The Labute approximate surface area is 240 Å². The van der Waals surface area contributed by atoms with Crippen molar-refractivity contribution in [1.82, 2.24) is 15.2 Å². The molecular formula is C32H39FN4O4. The number of aliphatic carboxylic acids is 1. The summed E-state index contributed by atoms with van der Waals surface area (Å²) >= 11 is 0. The van der Waals surface area contributed by atoms with Crippen LogP contribution in [0.25, 0.3) is 0 Å². The highest BCUT2D eigenvalue weighted by Gasteiger charge is 2.21. The van der Waals surface area contributed by atoms with E-state index in [0.29, 0.717) is 25.3 Å². The number of hydrogen-bond acceptors (Lipinski definition) is 6. The van der Waals surface area contributed by atoms with Gasteiger partial charge in [-0.25, -0.2) is 14.2 Å². The summed E-state index contributed by atoms with van der Waals surface area (Å²) in [7, 11) is 0. The lowest BCUT2D eigenvalue weighted by molar-refractivity contribution is -0.142. The van der Waals surface area contributed by atoms with Crippen molar-refractivity contribution in [2.24, 2.45) is 0 Å². The van der Waals surface area contributed by atoms with Crippen molar-refractivity contribution in [3.63, 3.8) is 0 Å². The lowest BCUT2D eigenvalue weighted by Gasteiger charge is -2.24. The van der Waals surface area contributed by atoms with Gasteiger partial charge in [-0.1, -0.05) is 36.4 Å². The number of carboxylic acid groups (broad SMARTS) is 1. The number of nitrogens with one attached hydrogen (secondary N) is 2. The predicted octanol–water partition coefficient (Wildman–Crippen LogP) is 4.48. The molecule has 3 aromatic rings. The number of pyridine rings is 1. The third-order valence-corrected chi connectivity index (χ3v) is 7.17. The van der Waals surface area contributed by atoms with E-state index in [1.807, 2.05) is 30.3 Å². The van der Waals surface area contributed by atoms with Crippen LogP contribution in [0.15, 0.2) is 66.7 Å². The van der Waals surface area contributed by atoms with Gasteiger partial charge in [0.1, 0.15) is 30.0 Å². The van der Waals surface area contributed by atoms with E-state index in [2.05, 4.69) is 27.7 Å². The van der Waals surface area contributed by atoms with Crippen molar-refractivity contribution < 1.29 is 23.8 Å². The first-order chi connectivity index (χ1) is 20.0. The predicted molar refractivity (Wildman–Crippen MR) is 157 cm³/mol. The number of carbonyl (C=O) groups is 2. The second kappa shape index (κ2) is 15.7. The standard InChI is InChI=1S/C32H39FN4O4/c33-26-14-11-24(12-15-26)23-30(38)36-29(32(39)40)17-20-37(21-22-41-28-9-2-1-3-10-28)19-5-4-8-27-16-13-25-7-6-18-34-31(25)35-27/h1-3,9-16,29H,4-8,17-23H2,(H,34,35)(H,36,38)(H,39,40)/t29-/m0/s1. The van der Waals surface area contributed by atoms with Crippen LogP contribution in [0.4, 0.5) is 10.2 Å². The monoisotopic (exact) mass is 562 g/mol. The highest BCUT2D eigenvalue weighted by Crippen LogP contribution is 2.20. The van der Waals surface area contributed by atoms with Crippen LogP contribution < -0.4 is 15.4 Å². The highest BCUT2D eigenvalue weighted by atomic mass is 19.1. The minimum absolute atomic E-state index is 0.00899. The molecule has 0 spiro atoms. The molecule has 9 heteroatoms. The number of amides is 1. The smallest absolute Gasteiger partial charge is 0.326 e. The first-order valence-corrected chi connectivity index (χ1v) is 14.4. The molecule has 1 aliphatic rings. The molecule has 1 aliphatic heterocycles. The zero-order valence-electron chi connectivity index (χ0n) is 23.4. The number of aromatic nitrogens is 1. The molecule has 1 amide bonds. The molecule has 0 radical (unpaired) electrons. The van der Waals surface area contributed by atoms with Gasteiger partial charge in [0, 0.05) is 25.3 Å². The third kappa shape index (κ3) is 10.2. The number of carboxylic acids is 1. The minimum atomic E-state index is -1.08. The molecule has 0 saturated heterocycles. The van der Waals surface area contributed by atoms with E-state index >= 15 is 0 Å². The number of nitrogens with zero attached hydrogens (tertiary/aromatic N) is 2. The minimum Gasteiger partial charge on any atom is -0.492 e. The molecule has 0 aliphatic carbocycles. The van der Waals surface area contributed by atoms with E-state index < -0.39 is 17.9 Å².